The van der Waals surface area contributed by atoms with Crippen LogP contribution in [0.4, 0.5) is 0 Å². The smallest absolute Gasteiger partial charge is 0.164 e. The number of hydrogen-bond acceptors (Lipinski definition) is 4. The van der Waals surface area contributed by atoms with Gasteiger partial charge in [0, 0.05) is 35.4 Å². The number of para-hydroxylation sites is 1. The quantitative estimate of drug-likeness (QED) is 0.169. The van der Waals surface area contributed by atoms with Crippen LogP contribution in [0, 0.1) is 0 Å². The lowest BCUT2D eigenvalue weighted by atomic mass is 9.67. The molecule has 0 saturated heterocycles. The Hall–Kier alpha value is -6.91. The Morgan fingerprint density at radius 2 is 1.35 bits per heavy atom. The minimum absolute atomic E-state index is 0.151. The minimum Gasteiger partial charge on any atom is -0.377 e. The third-order valence-electron chi connectivity index (χ3n) is 10.6. The Balaban J connectivity index is 1.11. The van der Waals surface area contributed by atoms with E-state index in [0.29, 0.717) is 0 Å². The second kappa shape index (κ2) is 13.9. The van der Waals surface area contributed by atoms with E-state index >= 15 is 0 Å². The number of allylic oxidation sites excluding steroid dienone is 4. The van der Waals surface area contributed by atoms with Crippen LogP contribution in [0.25, 0.3) is 39.6 Å². The van der Waals surface area contributed by atoms with Gasteiger partial charge in [-0.05, 0) is 105 Å². The second-order valence-electron chi connectivity index (χ2n) is 13.7. The maximum atomic E-state index is 6.35. The molecule has 0 saturated carbocycles. The molecule has 54 heavy (non-hydrogen) atoms. The molecule has 1 atom stereocenters. The Morgan fingerprint density at radius 1 is 0.704 bits per heavy atom. The molecule has 0 radical (unpaired) electrons. The van der Waals surface area contributed by atoms with Crippen molar-refractivity contribution in [2.24, 2.45) is 4.99 Å². The largest absolute Gasteiger partial charge is 0.377 e. The van der Waals surface area contributed by atoms with Crippen molar-refractivity contribution in [1.29, 1.82) is 0 Å². The van der Waals surface area contributed by atoms with Gasteiger partial charge in [-0.15, -0.1) is 0 Å². The molecule has 1 aliphatic carbocycles. The molecule has 6 aromatic carbocycles. The van der Waals surface area contributed by atoms with Crippen LogP contribution < -0.4 is 10.2 Å². The van der Waals surface area contributed by atoms with E-state index in [1.807, 2.05) is 60.8 Å². The maximum Gasteiger partial charge on any atom is 0.164 e. The molecule has 4 heteroatoms. The Labute approximate surface area is 317 Å². The first-order valence-electron chi connectivity index (χ1n) is 18.4. The van der Waals surface area contributed by atoms with E-state index in [1.54, 1.807) is 0 Å². The van der Waals surface area contributed by atoms with Crippen molar-refractivity contribution in [1.82, 2.24) is 10.4 Å². The van der Waals surface area contributed by atoms with Crippen molar-refractivity contribution in [3.8, 4) is 28.0 Å². The van der Waals surface area contributed by atoms with Gasteiger partial charge in [0.25, 0.3) is 0 Å². The van der Waals surface area contributed by atoms with E-state index in [2.05, 4.69) is 163 Å². The lowest BCUT2D eigenvalue weighted by Crippen LogP contribution is -2.41. The van der Waals surface area contributed by atoms with Gasteiger partial charge in [-0.25, -0.2) is 0 Å². The molecule has 6 aromatic rings. The van der Waals surface area contributed by atoms with Crippen molar-refractivity contribution < 1.29 is 4.84 Å². The van der Waals surface area contributed by atoms with Crippen LogP contribution in [-0.2, 0) is 5.41 Å². The highest BCUT2D eigenvalue weighted by atomic mass is 16.7. The van der Waals surface area contributed by atoms with E-state index in [0.717, 1.165) is 39.3 Å². The molecule has 0 fully saturated rings. The molecular weight excluding hydrogens is 659 g/mol. The van der Waals surface area contributed by atoms with Gasteiger partial charge in [0.1, 0.15) is 0 Å². The zero-order valence-electron chi connectivity index (χ0n) is 30.1. The minimum atomic E-state index is -0.513. The number of nitrogens with zero attached hydrogens (tertiary/aromatic N) is 2. The predicted molar refractivity (Wildman–Crippen MR) is 224 cm³/mol. The lowest BCUT2D eigenvalue weighted by molar-refractivity contribution is -0.0342. The molecule has 1 unspecified atom stereocenters. The van der Waals surface area contributed by atoms with E-state index < -0.39 is 5.41 Å². The first-order valence-corrected chi connectivity index (χ1v) is 18.4. The van der Waals surface area contributed by atoms with Crippen LogP contribution in [0.5, 0.6) is 5.75 Å². The predicted octanol–water partition coefficient (Wildman–Crippen LogP) is 11.4. The Kier molecular flexibility index (Phi) is 8.49. The Morgan fingerprint density at radius 3 is 2.09 bits per heavy atom. The summed E-state index contributed by atoms with van der Waals surface area (Å²) < 4.78 is 0. The highest BCUT2D eigenvalue weighted by molar-refractivity contribution is 5.89. The van der Waals surface area contributed by atoms with Crippen molar-refractivity contribution in [3.63, 3.8) is 0 Å². The average Bonchev–Trinajstić information content (AvgIpc) is 3.43. The summed E-state index contributed by atoms with van der Waals surface area (Å²) in [6.45, 7) is 6.23. The summed E-state index contributed by atoms with van der Waals surface area (Å²) in [4.78, 5) is 10.8. The van der Waals surface area contributed by atoms with Gasteiger partial charge in [0.2, 0.25) is 0 Å². The normalized spacial score (nSPS) is 16.7. The summed E-state index contributed by atoms with van der Waals surface area (Å²) in [5.74, 6) is 0.779. The number of benzene rings is 6. The zero-order valence-corrected chi connectivity index (χ0v) is 30.1. The molecule has 3 aliphatic rings. The summed E-state index contributed by atoms with van der Waals surface area (Å²) in [5, 5.41) is 5.34. The van der Waals surface area contributed by atoms with Crippen molar-refractivity contribution >= 4 is 23.6 Å². The molecule has 0 aromatic heterocycles. The first kappa shape index (κ1) is 33.0. The van der Waals surface area contributed by atoms with E-state index in [-0.39, 0.29) is 6.17 Å². The standard InChI is InChI=1S/C50H39N3O/c1-3-4-30-51-31-29-36-19-26-44-45-27-24-39(33-47(45)50(46(44)32-36,41-13-7-5-8-14-41)42-15-9-6-10-16-42)37-20-22-38(23-21-37)40-25-28-49-52-35(2)43-17-11-12-18-48(43)54-53(49)34-40/h3-34,49,52H,2H2,1H3/b4-3-,31-29+,51-30-. The number of rotatable bonds is 7. The molecule has 2 heterocycles. The second-order valence-corrected chi connectivity index (χ2v) is 13.7. The molecule has 1 N–H and O–H groups in total. The topological polar surface area (TPSA) is 36.9 Å². The summed E-state index contributed by atoms with van der Waals surface area (Å²) in [5.41, 5.74) is 14.4. The SMILES string of the molecule is C=C1NC2C=CC(c3ccc(-c4ccc5c(c4)C(c4ccccc4)(c4ccccc4)c4cc(/C=C/N=C\C=C/C)ccc4-5)cc3)=CN2Oc2ccccc21. The van der Waals surface area contributed by atoms with E-state index in [9.17, 15) is 0 Å². The highest BCUT2D eigenvalue weighted by Gasteiger charge is 2.46. The molecule has 2 aliphatic heterocycles. The van der Waals surface area contributed by atoms with Gasteiger partial charge in [-0.1, -0.05) is 140 Å². The fourth-order valence-electron chi connectivity index (χ4n) is 8.03. The summed E-state index contributed by atoms with van der Waals surface area (Å²) in [6.07, 6.45) is 15.8. The van der Waals surface area contributed by atoms with Gasteiger partial charge in [0.15, 0.2) is 11.9 Å². The lowest BCUT2D eigenvalue weighted by Gasteiger charge is -2.34. The monoisotopic (exact) mass is 697 g/mol. The molecule has 0 bridgehead atoms. The average molecular weight is 698 g/mol. The van der Waals surface area contributed by atoms with Gasteiger partial charge in [-0.2, -0.15) is 5.06 Å². The van der Waals surface area contributed by atoms with Gasteiger partial charge >= 0.3 is 0 Å². The third-order valence-corrected chi connectivity index (χ3v) is 10.6. The van der Waals surface area contributed by atoms with Crippen molar-refractivity contribution in [3.05, 3.63) is 228 Å². The van der Waals surface area contributed by atoms with Gasteiger partial charge < -0.3 is 10.2 Å². The van der Waals surface area contributed by atoms with Crippen molar-refractivity contribution in [2.75, 3.05) is 0 Å². The number of hydrogen-bond donors (Lipinski definition) is 1. The highest BCUT2D eigenvalue weighted by Crippen LogP contribution is 2.57. The van der Waals surface area contributed by atoms with E-state index in [4.69, 9.17) is 4.84 Å². The summed E-state index contributed by atoms with van der Waals surface area (Å²) >= 11 is 0. The zero-order chi connectivity index (χ0) is 36.5. The van der Waals surface area contributed by atoms with Crippen LogP contribution >= 0.6 is 0 Å². The fraction of sp³-hybridized carbons (Fsp3) is 0.0600. The molecular formula is C50H39N3O. The van der Waals surface area contributed by atoms with Crippen LogP contribution in [0.1, 0.15) is 45.9 Å². The van der Waals surface area contributed by atoms with Crippen molar-refractivity contribution in [2.45, 2.75) is 18.5 Å². The molecule has 0 spiro atoms. The number of fused-ring (bicyclic) bond motifs is 5. The number of nitrogens with one attached hydrogen (secondary N) is 1. The van der Waals surface area contributed by atoms with Crippen LogP contribution in [0.2, 0.25) is 0 Å². The molecule has 260 valence electrons. The molecule has 9 rings (SSSR count). The maximum absolute atomic E-state index is 6.35. The summed E-state index contributed by atoms with van der Waals surface area (Å²) in [6, 6.07) is 52.5. The number of hydroxylamine groups is 2. The summed E-state index contributed by atoms with van der Waals surface area (Å²) in [7, 11) is 0. The van der Waals surface area contributed by atoms with Crippen LogP contribution in [0.3, 0.4) is 0 Å². The van der Waals surface area contributed by atoms with Gasteiger partial charge in [0.05, 0.1) is 5.41 Å². The van der Waals surface area contributed by atoms with Crippen LogP contribution in [-0.4, -0.2) is 17.4 Å². The third kappa shape index (κ3) is 5.69. The fourth-order valence-corrected chi connectivity index (χ4v) is 8.03. The number of aliphatic imine (C=N–C) groups is 1. The van der Waals surface area contributed by atoms with Crippen LogP contribution in [0.15, 0.2) is 194 Å². The van der Waals surface area contributed by atoms with Gasteiger partial charge in [-0.3, -0.25) is 4.99 Å². The Bertz CT molecular complexity index is 2480. The molecule has 4 nitrogen and oxygen atoms in total. The van der Waals surface area contributed by atoms with E-state index in [1.165, 1.54) is 38.9 Å². The molecule has 0 amide bonds. The first-order chi connectivity index (χ1) is 26.6.